The Morgan fingerprint density at radius 3 is 1.93 bits per heavy atom. The van der Waals surface area contributed by atoms with Crippen molar-refractivity contribution in [2.24, 2.45) is 0 Å². The highest BCUT2D eigenvalue weighted by molar-refractivity contribution is 7.91. The third-order valence-corrected chi connectivity index (χ3v) is 6.82. The van der Waals surface area contributed by atoms with Gasteiger partial charge < -0.3 is 9.80 Å². The van der Waals surface area contributed by atoms with Crippen molar-refractivity contribution in [1.82, 2.24) is 4.90 Å². The summed E-state index contributed by atoms with van der Waals surface area (Å²) in [5.41, 5.74) is 1.07. The Bertz CT molecular complexity index is 892. The highest BCUT2D eigenvalue weighted by Gasteiger charge is 2.23. The van der Waals surface area contributed by atoms with Gasteiger partial charge in [-0.2, -0.15) is 0 Å². The summed E-state index contributed by atoms with van der Waals surface area (Å²) in [6, 6.07) is 13.6. The maximum Gasteiger partial charge on any atom is 0.223 e. The SMILES string of the molecule is O=C(CCS(=O)(=O)c1ccc(Cl)cc1)N1CCN(c2ccc(Cl)cc2)CC1. The summed E-state index contributed by atoms with van der Waals surface area (Å²) in [4.78, 5) is 16.5. The molecule has 0 atom stereocenters. The number of piperazine rings is 1. The lowest BCUT2D eigenvalue weighted by molar-refractivity contribution is -0.131. The Morgan fingerprint density at radius 2 is 1.37 bits per heavy atom. The van der Waals surface area contributed by atoms with Gasteiger partial charge in [-0.15, -0.1) is 0 Å². The Balaban J connectivity index is 1.52. The van der Waals surface area contributed by atoms with Crippen molar-refractivity contribution in [3.63, 3.8) is 0 Å². The maximum atomic E-state index is 12.4. The molecular weight excluding hydrogens is 407 g/mol. The molecule has 0 radical (unpaired) electrons. The van der Waals surface area contributed by atoms with Crippen LogP contribution in [0, 0.1) is 0 Å². The maximum absolute atomic E-state index is 12.4. The molecule has 27 heavy (non-hydrogen) atoms. The van der Waals surface area contributed by atoms with E-state index in [-0.39, 0.29) is 23.0 Å². The van der Waals surface area contributed by atoms with Crippen molar-refractivity contribution in [3.05, 3.63) is 58.6 Å². The zero-order valence-electron chi connectivity index (χ0n) is 14.6. The summed E-state index contributed by atoms with van der Waals surface area (Å²) < 4.78 is 24.7. The fourth-order valence-corrected chi connectivity index (χ4v) is 4.49. The molecule has 0 spiro atoms. The molecule has 1 saturated heterocycles. The number of hydrogen-bond donors (Lipinski definition) is 0. The number of sulfone groups is 1. The average molecular weight is 427 g/mol. The molecule has 0 bridgehead atoms. The molecule has 0 N–H and O–H groups in total. The van der Waals surface area contributed by atoms with Gasteiger partial charge in [-0.25, -0.2) is 8.42 Å². The molecule has 2 aromatic carbocycles. The van der Waals surface area contributed by atoms with E-state index >= 15 is 0 Å². The third-order valence-electron chi connectivity index (χ3n) is 4.58. The van der Waals surface area contributed by atoms with Crippen molar-refractivity contribution in [3.8, 4) is 0 Å². The van der Waals surface area contributed by atoms with Crippen molar-refractivity contribution in [2.75, 3.05) is 36.8 Å². The smallest absolute Gasteiger partial charge is 0.223 e. The van der Waals surface area contributed by atoms with Gasteiger partial charge in [0.05, 0.1) is 10.6 Å². The molecule has 0 aromatic heterocycles. The fourth-order valence-electron chi connectivity index (χ4n) is 3.01. The summed E-state index contributed by atoms with van der Waals surface area (Å²) in [6.45, 7) is 2.56. The molecule has 2 aromatic rings. The summed E-state index contributed by atoms with van der Waals surface area (Å²) in [6.07, 6.45) is -0.0219. The molecule has 0 unspecified atom stereocenters. The second-order valence-corrected chi connectivity index (χ2v) is 9.35. The second-order valence-electron chi connectivity index (χ2n) is 6.37. The minimum absolute atomic E-state index is 0.0219. The van der Waals surface area contributed by atoms with E-state index in [9.17, 15) is 13.2 Å². The normalized spacial score (nSPS) is 15.0. The first-order valence-corrected chi connectivity index (χ1v) is 11.0. The van der Waals surface area contributed by atoms with Gasteiger partial charge in [-0.05, 0) is 48.5 Å². The largest absolute Gasteiger partial charge is 0.368 e. The topological polar surface area (TPSA) is 57.7 Å². The lowest BCUT2D eigenvalue weighted by Crippen LogP contribution is -2.49. The van der Waals surface area contributed by atoms with Crippen LogP contribution in [-0.2, 0) is 14.6 Å². The number of nitrogens with zero attached hydrogens (tertiary/aromatic N) is 2. The Morgan fingerprint density at radius 1 is 0.852 bits per heavy atom. The highest BCUT2D eigenvalue weighted by atomic mass is 35.5. The van der Waals surface area contributed by atoms with Crippen molar-refractivity contribution in [2.45, 2.75) is 11.3 Å². The average Bonchev–Trinajstić information content (AvgIpc) is 2.67. The molecule has 8 heteroatoms. The van der Waals surface area contributed by atoms with Gasteiger partial charge in [0.15, 0.2) is 9.84 Å². The van der Waals surface area contributed by atoms with E-state index < -0.39 is 9.84 Å². The van der Waals surface area contributed by atoms with Crippen LogP contribution >= 0.6 is 23.2 Å². The van der Waals surface area contributed by atoms with Gasteiger partial charge in [0.1, 0.15) is 0 Å². The van der Waals surface area contributed by atoms with E-state index in [0.717, 1.165) is 5.69 Å². The molecule has 1 aliphatic rings. The van der Waals surface area contributed by atoms with Crippen LogP contribution in [0.4, 0.5) is 5.69 Å². The molecule has 1 fully saturated rings. The predicted octanol–water partition coefficient (Wildman–Crippen LogP) is 3.51. The first kappa shape index (κ1) is 20.0. The number of benzene rings is 2. The molecule has 1 aliphatic heterocycles. The van der Waals surface area contributed by atoms with E-state index in [1.54, 1.807) is 4.90 Å². The van der Waals surface area contributed by atoms with Crippen LogP contribution in [0.1, 0.15) is 6.42 Å². The van der Waals surface area contributed by atoms with Crippen LogP contribution in [0.3, 0.4) is 0 Å². The predicted molar refractivity (Wildman–Crippen MR) is 108 cm³/mol. The van der Waals surface area contributed by atoms with Crippen LogP contribution in [0.25, 0.3) is 0 Å². The Labute approximate surface area is 169 Å². The van der Waals surface area contributed by atoms with Gasteiger partial charge >= 0.3 is 0 Å². The van der Waals surface area contributed by atoms with Crippen molar-refractivity contribution in [1.29, 1.82) is 0 Å². The van der Waals surface area contributed by atoms with Crippen molar-refractivity contribution >= 4 is 44.6 Å². The lowest BCUT2D eigenvalue weighted by atomic mass is 10.2. The molecule has 0 aliphatic carbocycles. The van der Waals surface area contributed by atoms with Crippen LogP contribution in [-0.4, -0.2) is 51.2 Å². The van der Waals surface area contributed by atoms with Gasteiger partial charge in [-0.1, -0.05) is 23.2 Å². The van der Waals surface area contributed by atoms with Crippen molar-refractivity contribution < 1.29 is 13.2 Å². The Kier molecular flexibility index (Phi) is 6.29. The molecule has 144 valence electrons. The monoisotopic (exact) mass is 426 g/mol. The van der Waals surface area contributed by atoms with E-state index in [1.807, 2.05) is 24.3 Å². The standard InChI is InChI=1S/C19H20Cl2N2O3S/c20-15-1-5-17(6-2-15)22-10-12-23(13-11-22)19(24)9-14-27(25,26)18-7-3-16(21)4-8-18/h1-8H,9-14H2. The molecular formula is C19H20Cl2N2O3S. The zero-order chi connectivity index (χ0) is 19.4. The second kappa shape index (κ2) is 8.50. The number of anilines is 1. The number of halogens is 2. The van der Waals surface area contributed by atoms with Crippen LogP contribution in [0.2, 0.25) is 10.0 Å². The van der Waals surface area contributed by atoms with Gasteiger partial charge in [0, 0.05) is 48.3 Å². The summed E-state index contributed by atoms with van der Waals surface area (Å²) in [7, 11) is -3.50. The molecule has 1 heterocycles. The van der Waals surface area contributed by atoms with E-state index in [0.29, 0.717) is 36.2 Å². The zero-order valence-corrected chi connectivity index (χ0v) is 17.0. The first-order valence-electron chi connectivity index (χ1n) is 8.62. The number of carbonyl (C=O) groups excluding carboxylic acids is 1. The summed E-state index contributed by atoms with van der Waals surface area (Å²) in [5.74, 6) is -0.339. The summed E-state index contributed by atoms with van der Waals surface area (Å²) in [5, 5.41) is 1.16. The van der Waals surface area contributed by atoms with Gasteiger partial charge in [0.2, 0.25) is 5.91 Å². The van der Waals surface area contributed by atoms with Crippen LogP contribution in [0.15, 0.2) is 53.4 Å². The van der Waals surface area contributed by atoms with E-state index in [4.69, 9.17) is 23.2 Å². The van der Waals surface area contributed by atoms with Gasteiger partial charge in [-0.3, -0.25) is 4.79 Å². The van der Waals surface area contributed by atoms with Crippen LogP contribution < -0.4 is 4.90 Å². The minimum atomic E-state index is -3.50. The number of rotatable bonds is 5. The molecule has 0 saturated carbocycles. The molecule has 5 nitrogen and oxygen atoms in total. The number of hydrogen-bond acceptors (Lipinski definition) is 4. The van der Waals surface area contributed by atoms with Crippen LogP contribution in [0.5, 0.6) is 0 Å². The fraction of sp³-hybridized carbons (Fsp3) is 0.316. The quantitative estimate of drug-likeness (QED) is 0.733. The highest BCUT2D eigenvalue weighted by Crippen LogP contribution is 2.20. The number of amides is 1. The summed E-state index contributed by atoms with van der Waals surface area (Å²) >= 11 is 11.7. The third kappa shape index (κ3) is 5.15. The number of carbonyl (C=O) groups is 1. The lowest BCUT2D eigenvalue weighted by Gasteiger charge is -2.36. The molecule has 1 amide bonds. The minimum Gasteiger partial charge on any atom is -0.368 e. The first-order chi connectivity index (χ1) is 12.8. The van der Waals surface area contributed by atoms with Gasteiger partial charge in [0.25, 0.3) is 0 Å². The van der Waals surface area contributed by atoms with E-state index in [2.05, 4.69) is 4.90 Å². The Hall–Kier alpha value is -1.76. The molecule has 3 rings (SSSR count). The van der Waals surface area contributed by atoms with E-state index in [1.165, 1.54) is 24.3 Å².